The molecule has 4 N–H and O–H groups in total. The van der Waals surface area contributed by atoms with E-state index in [4.69, 9.17) is 15.6 Å². The number of aliphatic carboxylic acids is 1. The molecule has 0 bridgehead atoms. The summed E-state index contributed by atoms with van der Waals surface area (Å²) in [5, 5.41) is 11.5. The predicted octanol–water partition coefficient (Wildman–Crippen LogP) is 0.238. The van der Waals surface area contributed by atoms with Gasteiger partial charge in [-0.2, -0.15) is 0 Å². The highest BCUT2D eigenvalue weighted by molar-refractivity contribution is 5.74. The molecule has 1 heterocycles. The zero-order valence-electron chi connectivity index (χ0n) is 16.0. The van der Waals surface area contributed by atoms with Crippen molar-refractivity contribution in [3.8, 4) is 0 Å². The summed E-state index contributed by atoms with van der Waals surface area (Å²) in [5.41, 5.74) is 4.93. The first-order chi connectivity index (χ1) is 12.1. The Hall–Kier alpha value is -1.87. The molecule has 1 rings (SSSR count). The molecule has 2 amide bonds. The van der Waals surface area contributed by atoms with Gasteiger partial charge in [0.2, 0.25) is 0 Å². The Morgan fingerprint density at radius 2 is 1.77 bits per heavy atom. The van der Waals surface area contributed by atoms with E-state index in [9.17, 15) is 14.4 Å². The van der Waals surface area contributed by atoms with E-state index in [2.05, 4.69) is 5.32 Å². The maximum absolute atomic E-state index is 12.1. The molecule has 0 unspecified atom stereocenters. The number of nitrogens with zero attached hydrogens (tertiary/aromatic N) is 2. The van der Waals surface area contributed by atoms with Gasteiger partial charge in [-0.3, -0.25) is 14.5 Å². The number of unbranched alkanes of at least 4 members (excludes halogenated alkanes) is 1. The van der Waals surface area contributed by atoms with Crippen molar-refractivity contribution in [3.05, 3.63) is 0 Å². The average molecular weight is 372 g/mol. The third-order valence-electron chi connectivity index (χ3n) is 3.97. The number of carbonyl (C=O) groups is 3. The Morgan fingerprint density at radius 1 is 1.15 bits per heavy atom. The number of urea groups is 1. The molecule has 0 aromatic heterocycles. The van der Waals surface area contributed by atoms with Crippen LogP contribution in [0.5, 0.6) is 0 Å². The monoisotopic (exact) mass is 372 g/mol. The van der Waals surface area contributed by atoms with Gasteiger partial charge in [0, 0.05) is 32.7 Å². The zero-order chi connectivity index (χ0) is 19.7. The summed E-state index contributed by atoms with van der Waals surface area (Å²) in [6.07, 6.45) is 1.73. The maximum atomic E-state index is 12.1. The van der Waals surface area contributed by atoms with Crippen molar-refractivity contribution in [3.63, 3.8) is 0 Å². The number of carboxylic acids is 1. The van der Waals surface area contributed by atoms with Gasteiger partial charge in [-0.05, 0) is 40.0 Å². The van der Waals surface area contributed by atoms with E-state index >= 15 is 0 Å². The number of esters is 1. The average Bonchev–Trinajstić information content (AvgIpc) is 2.52. The minimum absolute atomic E-state index is 0.135. The maximum Gasteiger partial charge on any atom is 0.320 e. The second-order valence-electron chi connectivity index (χ2n) is 7.52. The van der Waals surface area contributed by atoms with Crippen molar-refractivity contribution in [2.24, 2.45) is 5.73 Å². The van der Waals surface area contributed by atoms with Gasteiger partial charge in [0.25, 0.3) is 0 Å². The lowest BCUT2D eigenvalue weighted by molar-refractivity contribution is -0.156. The number of nitrogens with one attached hydrogen (secondary N) is 1. The van der Waals surface area contributed by atoms with Crippen LogP contribution < -0.4 is 11.1 Å². The number of amides is 2. The first kappa shape index (κ1) is 22.2. The zero-order valence-corrected chi connectivity index (χ0v) is 16.0. The number of nitrogens with two attached hydrogens (primary N) is 1. The number of hydrogen-bond donors (Lipinski definition) is 3. The van der Waals surface area contributed by atoms with Gasteiger partial charge in [-0.25, -0.2) is 4.79 Å². The van der Waals surface area contributed by atoms with E-state index in [0.29, 0.717) is 52.0 Å². The molecule has 1 aliphatic heterocycles. The van der Waals surface area contributed by atoms with E-state index in [0.717, 1.165) is 0 Å². The van der Waals surface area contributed by atoms with Crippen LogP contribution in [-0.2, 0) is 14.3 Å². The Bertz CT molecular complexity index is 484. The minimum atomic E-state index is -1.00. The van der Waals surface area contributed by atoms with Crippen LogP contribution in [0.3, 0.4) is 0 Å². The molecule has 9 nitrogen and oxygen atoms in total. The Balaban J connectivity index is 2.17. The third kappa shape index (κ3) is 9.00. The molecule has 0 spiro atoms. The van der Waals surface area contributed by atoms with E-state index in [1.165, 1.54) is 0 Å². The Morgan fingerprint density at radius 3 is 2.31 bits per heavy atom. The van der Waals surface area contributed by atoms with Crippen molar-refractivity contribution in [1.82, 2.24) is 15.1 Å². The molecule has 0 radical (unpaired) electrons. The lowest BCUT2D eigenvalue weighted by atomic mass is 10.1. The lowest BCUT2D eigenvalue weighted by Crippen LogP contribution is -2.53. The summed E-state index contributed by atoms with van der Waals surface area (Å²) in [5.74, 6) is -1.26. The quantitative estimate of drug-likeness (QED) is 0.411. The molecule has 26 heavy (non-hydrogen) atoms. The van der Waals surface area contributed by atoms with E-state index < -0.39 is 17.6 Å². The molecule has 0 aromatic carbocycles. The van der Waals surface area contributed by atoms with Crippen molar-refractivity contribution in [1.29, 1.82) is 0 Å². The largest absolute Gasteiger partial charge is 0.480 e. The molecule has 1 saturated heterocycles. The van der Waals surface area contributed by atoms with Gasteiger partial charge in [0.05, 0.1) is 6.54 Å². The summed E-state index contributed by atoms with van der Waals surface area (Å²) >= 11 is 0. The Labute approximate surface area is 154 Å². The molecule has 0 aromatic rings. The molecule has 0 saturated carbocycles. The molecule has 1 fully saturated rings. The third-order valence-corrected chi connectivity index (χ3v) is 3.97. The minimum Gasteiger partial charge on any atom is -0.480 e. The van der Waals surface area contributed by atoms with Gasteiger partial charge in [-0.15, -0.1) is 0 Å². The molecule has 150 valence electrons. The van der Waals surface area contributed by atoms with Gasteiger partial charge in [-0.1, -0.05) is 0 Å². The summed E-state index contributed by atoms with van der Waals surface area (Å²) in [6, 6.07) is -0.979. The first-order valence-corrected chi connectivity index (χ1v) is 9.04. The van der Waals surface area contributed by atoms with Crippen LogP contribution in [0.4, 0.5) is 4.79 Å². The number of piperazine rings is 1. The summed E-state index contributed by atoms with van der Waals surface area (Å²) in [6.45, 7) is 8.59. The Kier molecular flexibility index (Phi) is 8.80. The van der Waals surface area contributed by atoms with E-state index in [1.807, 2.05) is 25.7 Å². The van der Waals surface area contributed by atoms with E-state index in [-0.39, 0.29) is 18.5 Å². The molecule has 9 heteroatoms. The summed E-state index contributed by atoms with van der Waals surface area (Å²) in [4.78, 5) is 38.2. The fourth-order valence-corrected chi connectivity index (χ4v) is 2.59. The van der Waals surface area contributed by atoms with Crippen LogP contribution in [0.25, 0.3) is 0 Å². The standard InChI is InChI=1S/C17H32N4O5/c1-17(2,3)26-14(22)12-20-8-10-21(11-9-20)16(25)19-7-5-4-6-13(18)15(23)24/h13H,4-12,18H2,1-3H3,(H,19,25)(H,23,24)/t13-/m0/s1. The van der Waals surface area contributed by atoms with Crippen LogP contribution in [0.15, 0.2) is 0 Å². The number of ether oxygens (including phenoxy) is 1. The molecular formula is C17H32N4O5. The topological polar surface area (TPSA) is 125 Å². The van der Waals surface area contributed by atoms with Crippen molar-refractivity contribution < 1.29 is 24.2 Å². The van der Waals surface area contributed by atoms with Gasteiger partial charge in [0.15, 0.2) is 0 Å². The van der Waals surface area contributed by atoms with Gasteiger partial charge < -0.3 is 25.8 Å². The first-order valence-electron chi connectivity index (χ1n) is 9.04. The second kappa shape index (κ2) is 10.3. The molecule has 0 aliphatic carbocycles. The number of hydrogen-bond acceptors (Lipinski definition) is 6. The van der Waals surface area contributed by atoms with Gasteiger partial charge >= 0.3 is 18.0 Å². The normalized spacial score (nSPS) is 16.8. The SMILES string of the molecule is CC(C)(C)OC(=O)CN1CCN(C(=O)NCCCC[C@H](N)C(=O)O)CC1. The van der Waals surface area contributed by atoms with Crippen LogP contribution >= 0.6 is 0 Å². The van der Waals surface area contributed by atoms with Crippen LogP contribution in [-0.4, -0.2) is 83.8 Å². The molecular weight excluding hydrogens is 340 g/mol. The number of carbonyl (C=O) groups excluding carboxylic acids is 2. The highest BCUT2D eigenvalue weighted by Crippen LogP contribution is 2.09. The molecule has 1 atom stereocenters. The summed E-state index contributed by atoms with van der Waals surface area (Å²) in [7, 11) is 0. The van der Waals surface area contributed by atoms with Crippen molar-refractivity contribution in [2.75, 3.05) is 39.3 Å². The van der Waals surface area contributed by atoms with Crippen LogP contribution in [0, 0.1) is 0 Å². The fraction of sp³-hybridized carbons (Fsp3) is 0.824. The van der Waals surface area contributed by atoms with Gasteiger partial charge in [0.1, 0.15) is 11.6 Å². The van der Waals surface area contributed by atoms with E-state index in [1.54, 1.807) is 4.90 Å². The number of rotatable bonds is 8. The van der Waals surface area contributed by atoms with Crippen LogP contribution in [0.1, 0.15) is 40.0 Å². The second-order valence-corrected chi connectivity index (χ2v) is 7.52. The summed E-state index contributed by atoms with van der Waals surface area (Å²) < 4.78 is 5.30. The van der Waals surface area contributed by atoms with Crippen molar-refractivity contribution >= 4 is 18.0 Å². The highest BCUT2D eigenvalue weighted by Gasteiger charge is 2.24. The number of carboxylic acid groups (broad SMARTS) is 1. The predicted molar refractivity (Wildman–Crippen MR) is 96.7 cm³/mol. The smallest absolute Gasteiger partial charge is 0.320 e. The lowest BCUT2D eigenvalue weighted by Gasteiger charge is -2.34. The highest BCUT2D eigenvalue weighted by atomic mass is 16.6. The van der Waals surface area contributed by atoms with Crippen LogP contribution in [0.2, 0.25) is 0 Å². The van der Waals surface area contributed by atoms with Crippen molar-refractivity contribution in [2.45, 2.75) is 51.7 Å². The fourth-order valence-electron chi connectivity index (χ4n) is 2.59. The molecule has 1 aliphatic rings.